The summed E-state index contributed by atoms with van der Waals surface area (Å²) in [4.78, 5) is 11.9. The van der Waals surface area contributed by atoms with Gasteiger partial charge in [-0.25, -0.2) is 14.4 Å². The molecule has 8 heteroatoms. The highest BCUT2D eigenvalue weighted by Gasteiger charge is 2.31. The molecule has 0 amide bonds. The molecule has 0 fully saturated rings. The molecule has 3 nitrogen and oxygen atoms in total. The van der Waals surface area contributed by atoms with E-state index in [4.69, 9.17) is 11.6 Å². The Morgan fingerprint density at radius 2 is 1.81 bits per heavy atom. The number of aromatic nitrogens is 3. The maximum atomic E-state index is 13.8. The molecule has 0 bridgehead atoms. The molecule has 0 aliphatic carbocycles. The van der Waals surface area contributed by atoms with Crippen LogP contribution in [-0.2, 0) is 19.0 Å². The first kappa shape index (κ1) is 18.3. The highest BCUT2D eigenvalue weighted by molar-refractivity contribution is 6.30. The quantitative estimate of drug-likeness (QED) is 0.588. The van der Waals surface area contributed by atoms with Crippen LogP contribution in [0.2, 0.25) is 5.02 Å². The topological polar surface area (TPSA) is 38.7 Å². The third-order valence-electron chi connectivity index (χ3n) is 3.70. The molecular weight excluding hydrogens is 370 g/mol. The fraction of sp³-hybridized carbons (Fsp3) is 0.167. The maximum absolute atomic E-state index is 13.8. The van der Waals surface area contributed by atoms with E-state index < -0.39 is 17.6 Å². The molecule has 2 heterocycles. The lowest BCUT2D eigenvalue weighted by molar-refractivity contribution is -0.137. The van der Waals surface area contributed by atoms with Gasteiger partial charge < -0.3 is 0 Å². The maximum Gasteiger partial charge on any atom is 0.417 e. The van der Waals surface area contributed by atoms with Gasteiger partial charge in [-0.15, -0.1) is 0 Å². The molecule has 0 unspecified atom stereocenters. The predicted octanol–water partition coefficient (Wildman–Crippen LogP) is 5.14. The molecule has 0 aliphatic heterocycles. The van der Waals surface area contributed by atoms with E-state index in [2.05, 4.69) is 15.0 Å². The minimum atomic E-state index is -4.49. The van der Waals surface area contributed by atoms with E-state index in [0.717, 1.165) is 12.3 Å². The van der Waals surface area contributed by atoms with Crippen LogP contribution in [0.1, 0.15) is 16.8 Å². The number of hydrogen-bond donors (Lipinski definition) is 0. The first-order valence-electron chi connectivity index (χ1n) is 7.61. The molecule has 0 aliphatic rings. The number of rotatable bonds is 4. The fourth-order valence-electron chi connectivity index (χ4n) is 2.38. The second kappa shape index (κ2) is 7.37. The average molecular weight is 382 g/mol. The highest BCUT2D eigenvalue weighted by Crippen LogP contribution is 2.30. The van der Waals surface area contributed by atoms with E-state index in [-0.39, 0.29) is 11.4 Å². The third-order valence-corrected chi connectivity index (χ3v) is 3.94. The summed E-state index contributed by atoms with van der Waals surface area (Å²) >= 11 is 5.72. The number of benzene rings is 1. The van der Waals surface area contributed by atoms with Gasteiger partial charge in [-0.05, 0) is 42.7 Å². The largest absolute Gasteiger partial charge is 0.417 e. The zero-order valence-corrected chi connectivity index (χ0v) is 14.0. The van der Waals surface area contributed by atoms with Gasteiger partial charge in [0.2, 0.25) is 0 Å². The summed E-state index contributed by atoms with van der Waals surface area (Å²) in [7, 11) is 0. The molecule has 134 valence electrons. The van der Waals surface area contributed by atoms with E-state index in [1.165, 1.54) is 18.5 Å². The number of nitrogens with zero attached hydrogens (tertiary/aromatic N) is 3. The van der Waals surface area contributed by atoms with Crippen LogP contribution in [0, 0.1) is 5.82 Å². The van der Waals surface area contributed by atoms with Gasteiger partial charge in [0.05, 0.1) is 5.56 Å². The SMILES string of the molecule is Fc1cc(Cl)ccc1CCc1ccnc(-c2cncc(C(F)(F)F)c2)n1. The Kier molecular flexibility index (Phi) is 5.18. The summed E-state index contributed by atoms with van der Waals surface area (Å²) in [5.74, 6) is -0.272. The zero-order chi connectivity index (χ0) is 18.7. The number of aryl methyl sites for hydroxylation is 2. The van der Waals surface area contributed by atoms with Crippen molar-refractivity contribution in [3.05, 3.63) is 76.6 Å². The summed E-state index contributed by atoms with van der Waals surface area (Å²) in [5.41, 5.74) is 0.364. The van der Waals surface area contributed by atoms with Crippen LogP contribution in [0.5, 0.6) is 0 Å². The average Bonchev–Trinajstić information content (AvgIpc) is 2.61. The van der Waals surface area contributed by atoms with Crippen LogP contribution in [0.15, 0.2) is 48.9 Å². The Morgan fingerprint density at radius 3 is 2.54 bits per heavy atom. The molecule has 0 radical (unpaired) electrons. The normalized spacial score (nSPS) is 11.6. The van der Waals surface area contributed by atoms with E-state index >= 15 is 0 Å². The summed E-state index contributed by atoms with van der Waals surface area (Å²) in [6, 6.07) is 7.01. The van der Waals surface area contributed by atoms with E-state index in [0.29, 0.717) is 29.1 Å². The van der Waals surface area contributed by atoms with Crippen molar-refractivity contribution in [2.24, 2.45) is 0 Å². The van der Waals surface area contributed by atoms with Gasteiger partial charge in [0.25, 0.3) is 0 Å². The monoisotopic (exact) mass is 381 g/mol. The third kappa shape index (κ3) is 4.35. The molecule has 26 heavy (non-hydrogen) atoms. The number of pyridine rings is 1. The summed E-state index contributed by atoms with van der Waals surface area (Å²) in [5, 5.41) is 0.313. The zero-order valence-electron chi connectivity index (χ0n) is 13.3. The lowest BCUT2D eigenvalue weighted by Crippen LogP contribution is -2.06. The Morgan fingerprint density at radius 1 is 1.00 bits per heavy atom. The predicted molar refractivity (Wildman–Crippen MR) is 89.1 cm³/mol. The van der Waals surface area contributed by atoms with Crippen molar-refractivity contribution in [1.82, 2.24) is 15.0 Å². The highest BCUT2D eigenvalue weighted by atomic mass is 35.5. The van der Waals surface area contributed by atoms with Crippen LogP contribution in [0.4, 0.5) is 17.6 Å². The fourth-order valence-corrected chi connectivity index (χ4v) is 2.54. The lowest BCUT2D eigenvalue weighted by atomic mass is 10.1. The Bertz CT molecular complexity index is 928. The molecule has 0 spiro atoms. The Balaban J connectivity index is 1.80. The van der Waals surface area contributed by atoms with Crippen LogP contribution < -0.4 is 0 Å². The molecule has 0 saturated carbocycles. The van der Waals surface area contributed by atoms with Crippen molar-refractivity contribution < 1.29 is 17.6 Å². The Labute approximate surface area is 151 Å². The first-order valence-corrected chi connectivity index (χ1v) is 7.99. The summed E-state index contributed by atoms with van der Waals surface area (Å²) in [6.45, 7) is 0. The minimum absolute atomic E-state index is 0.137. The summed E-state index contributed by atoms with van der Waals surface area (Å²) in [6.07, 6.45) is -0.243. The van der Waals surface area contributed by atoms with Crippen molar-refractivity contribution in [2.45, 2.75) is 19.0 Å². The summed E-state index contributed by atoms with van der Waals surface area (Å²) < 4.78 is 52.3. The number of hydrogen-bond acceptors (Lipinski definition) is 3. The van der Waals surface area contributed by atoms with E-state index in [1.807, 2.05) is 0 Å². The number of halogens is 5. The van der Waals surface area contributed by atoms with Gasteiger partial charge in [-0.3, -0.25) is 4.98 Å². The molecule has 0 N–H and O–H groups in total. The van der Waals surface area contributed by atoms with E-state index in [1.54, 1.807) is 18.2 Å². The van der Waals surface area contributed by atoms with Crippen LogP contribution in [0.25, 0.3) is 11.4 Å². The second-order valence-corrected chi connectivity index (χ2v) is 6.00. The van der Waals surface area contributed by atoms with Crippen LogP contribution in [-0.4, -0.2) is 15.0 Å². The molecule has 3 aromatic rings. The van der Waals surface area contributed by atoms with Gasteiger partial charge in [-0.2, -0.15) is 13.2 Å². The van der Waals surface area contributed by atoms with Gasteiger partial charge in [0.15, 0.2) is 5.82 Å². The minimum Gasteiger partial charge on any atom is -0.263 e. The molecule has 1 aromatic carbocycles. The van der Waals surface area contributed by atoms with Crippen molar-refractivity contribution in [3.8, 4) is 11.4 Å². The van der Waals surface area contributed by atoms with Gasteiger partial charge in [-0.1, -0.05) is 17.7 Å². The lowest BCUT2D eigenvalue weighted by Gasteiger charge is -2.08. The van der Waals surface area contributed by atoms with Crippen LogP contribution >= 0.6 is 11.6 Å². The van der Waals surface area contributed by atoms with Crippen LogP contribution in [0.3, 0.4) is 0 Å². The van der Waals surface area contributed by atoms with Crippen molar-refractivity contribution in [3.63, 3.8) is 0 Å². The van der Waals surface area contributed by atoms with Crippen molar-refractivity contribution in [1.29, 1.82) is 0 Å². The molecular formula is C18H12ClF4N3. The van der Waals surface area contributed by atoms with Gasteiger partial charge in [0, 0.05) is 34.9 Å². The second-order valence-electron chi connectivity index (χ2n) is 5.57. The molecule has 0 atom stereocenters. The molecule has 3 rings (SSSR count). The first-order chi connectivity index (χ1) is 12.3. The van der Waals surface area contributed by atoms with E-state index in [9.17, 15) is 17.6 Å². The number of alkyl halides is 3. The molecule has 2 aromatic heterocycles. The smallest absolute Gasteiger partial charge is 0.263 e. The van der Waals surface area contributed by atoms with Crippen molar-refractivity contribution >= 4 is 11.6 Å². The standard InChI is InChI=1S/C18H12ClF4N3/c19-14-3-1-11(16(20)8-14)2-4-15-5-6-25-17(26-15)12-7-13(10-24-9-12)18(21,22)23/h1,3,5-10H,2,4H2. The van der Waals surface area contributed by atoms with Gasteiger partial charge in [0.1, 0.15) is 5.82 Å². The Hall–Kier alpha value is -2.54. The molecule has 0 saturated heterocycles. The van der Waals surface area contributed by atoms with Gasteiger partial charge >= 0.3 is 6.18 Å². The van der Waals surface area contributed by atoms with Crippen molar-refractivity contribution in [2.75, 3.05) is 0 Å².